The highest BCUT2D eigenvalue weighted by atomic mass is 79.9. The Morgan fingerprint density at radius 1 is 1.20 bits per heavy atom. The first-order valence-electron chi connectivity index (χ1n) is 6.45. The van der Waals surface area contributed by atoms with Crippen LogP contribution in [0.1, 0.15) is 31.2 Å². The number of nitrogen functional groups attached to an aromatic ring is 1. The number of thiol groups is 2. The molecule has 20 heavy (non-hydrogen) atoms. The number of halogens is 2. The molecular weight excluding hydrogens is 424 g/mol. The molecular formula is C13H18Br2N2OS2. The molecule has 0 bridgehead atoms. The number of aliphatic hydroxyl groups is 1. The second kappa shape index (κ2) is 6.79. The number of benzene rings is 1. The molecule has 112 valence electrons. The Bertz CT molecular complexity index is 492. The molecule has 0 aromatic heterocycles. The molecule has 3 nitrogen and oxygen atoms in total. The second-order valence-electron chi connectivity index (χ2n) is 5.17. The van der Waals surface area contributed by atoms with Crippen molar-refractivity contribution in [2.75, 3.05) is 5.73 Å². The second-order valence-corrected chi connectivity index (χ2v) is 8.64. The van der Waals surface area contributed by atoms with Crippen LogP contribution in [0.25, 0.3) is 0 Å². The van der Waals surface area contributed by atoms with E-state index in [0.717, 1.165) is 40.2 Å². The summed E-state index contributed by atoms with van der Waals surface area (Å²) in [6.45, 7) is 0. The summed E-state index contributed by atoms with van der Waals surface area (Å²) in [7, 11) is 0. The molecule has 2 rings (SSSR count). The van der Waals surface area contributed by atoms with Gasteiger partial charge >= 0.3 is 0 Å². The molecule has 0 amide bonds. The average Bonchev–Trinajstić information content (AvgIpc) is 2.36. The fraction of sp³-hybridized carbons (Fsp3) is 0.538. The summed E-state index contributed by atoms with van der Waals surface area (Å²) in [5, 5.41) is 13.0. The maximum Gasteiger partial charge on any atom is 0.134 e. The SMILES string of the molecule is Nc1c(Br)cc(Br)cc1C(S)(S)NC1CCC(O)CC1. The quantitative estimate of drug-likeness (QED) is 0.282. The van der Waals surface area contributed by atoms with Crippen LogP contribution in [-0.2, 0) is 4.20 Å². The lowest BCUT2D eigenvalue weighted by atomic mass is 9.93. The number of nitrogens with two attached hydrogens (primary N) is 1. The van der Waals surface area contributed by atoms with E-state index in [4.69, 9.17) is 5.73 Å². The Balaban J connectivity index is 2.18. The first kappa shape index (κ1) is 17.0. The molecule has 0 aliphatic heterocycles. The van der Waals surface area contributed by atoms with Gasteiger partial charge in [-0.05, 0) is 53.7 Å². The van der Waals surface area contributed by atoms with Crippen LogP contribution < -0.4 is 11.1 Å². The molecule has 1 fully saturated rings. The number of nitrogens with one attached hydrogen (secondary N) is 1. The predicted molar refractivity (Wildman–Crippen MR) is 97.3 cm³/mol. The summed E-state index contributed by atoms with van der Waals surface area (Å²) in [6, 6.07) is 4.10. The highest BCUT2D eigenvalue weighted by Crippen LogP contribution is 2.40. The van der Waals surface area contributed by atoms with Crippen LogP contribution in [0.15, 0.2) is 21.1 Å². The zero-order chi connectivity index (χ0) is 14.9. The van der Waals surface area contributed by atoms with Gasteiger partial charge in [-0.25, -0.2) is 0 Å². The molecule has 0 atom stereocenters. The maximum absolute atomic E-state index is 9.56. The van der Waals surface area contributed by atoms with Crippen LogP contribution in [0.5, 0.6) is 0 Å². The van der Waals surface area contributed by atoms with E-state index in [2.05, 4.69) is 62.4 Å². The minimum atomic E-state index is -0.816. The zero-order valence-electron chi connectivity index (χ0n) is 10.8. The molecule has 1 saturated carbocycles. The van der Waals surface area contributed by atoms with Gasteiger partial charge in [0.25, 0.3) is 0 Å². The molecule has 0 heterocycles. The van der Waals surface area contributed by atoms with Gasteiger partial charge in [0.15, 0.2) is 0 Å². The van der Waals surface area contributed by atoms with Crippen LogP contribution in [-0.4, -0.2) is 17.3 Å². The van der Waals surface area contributed by atoms with Gasteiger partial charge in [0.05, 0.1) is 11.8 Å². The Morgan fingerprint density at radius 2 is 1.80 bits per heavy atom. The first-order chi connectivity index (χ1) is 9.29. The van der Waals surface area contributed by atoms with Gasteiger partial charge in [-0.3, -0.25) is 5.32 Å². The number of anilines is 1. The molecule has 4 N–H and O–H groups in total. The third-order valence-corrected chi connectivity index (χ3v) is 5.43. The summed E-state index contributed by atoms with van der Waals surface area (Å²) in [5.74, 6) is 0. The molecule has 1 aromatic rings. The third kappa shape index (κ3) is 4.08. The monoisotopic (exact) mass is 440 g/mol. The fourth-order valence-electron chi connectivity index (χ4n) is 2.46. The molecule has 1 aliphatic carbocycles. The molecule has 1 aliphatic rings. The van der Waals surface area contributed by atoms with Gasteiger partial charge in [0.1, 0.15) is 4.20 Å². The Hall–Kier alpha value is 0.600. The maximum atomic E-state index is 9.56. The van der Waals surface area contributed by atoms with E-state index >= 15 is 0 Å². The normalized spacial score (nSPS) is 23.9. The van der Waals surface area contributed by atoms with Crippen LogP contribution >= 0.6 is 57.1 Å². The molecule has 1 aromatic carbocycles. The molecule has 7 heteroatoms. The summed E-state index contributed by atoms with van der Waals surface area (Å²) in [6.07, 6.45) is 3.28. The van der Waals surface area contributed by atoms with Crippen molar-refractivity contribution in [2.24, 2.45) is 0 Å². The van der Waals surface area contributed by atoms with Crippen LogP contribution in [0.3, 0.4) is 0 Å². The summed E-state index contributed by atoms with van der Waals surface area (Å²) < 4.78 is 0.917. The highest BCUT2D eigenvalue weighted by Gasteiger charge is 2.31. The molecule has 0 unspecified atom stereocenters. The number of aliphatic hydroxyl groups excluding tert-OH is 1. The van der Waals surface area contributed by atoms with Crippen molar-refractivity contribution in [1.82, 2.24) is 5.32 Å². The van der Waals surface area contributed by atoms with Crippen molar-refractivity contribution in [2.45, 2.75) is 42.0 Å². The lowest BCUT2D eigenvalue weighted by molar-refractivity contribution is 0.115. The Morgan fingerprint density at radius 3 is 2.40 bits per heavy atom. The molecule has 0 radical (unpaired) electrons. The largest absolute Gasteiger partial charge is 0.397 e. The minimum Gasteiger partial charge on any atom is -0.397 e. The van der Waals surface area contributed by atoms with E-state index in [1.165, 1.54) is 0 Å². The van der Waals surface area contributed by atoms with Crippen molar-refractivity contribution in [3.05, 3.63) is 26.6 Å². The fourth-order valence-corrected chi connectivity index (χ4v) is 4.42. The van der Waals surface area contributed by atoms with Gasteiger partial charge in [0.2, 0.25) is 0 Å². The van der Waals surface area contributed by atoms with Crippen LogP contribution in [0.4, 0.5) is 5.69 Å². The topological polar surface area (TPSA) is 58.3 Å². The highest BCUT2D eigenvalue weighted by molar-refractivity contribution is 9.11. The number of hydrogen-bond donors (Lipinski definition) is 5. The van der Waals surface area contributed by atoms with Crippen molar-refractivity contribution in [3.8, 4) is 0 Å². The standard InChI is InChI=1S/C13H18Br2N2OS2/c14-7-5-10(12(16)11(15)6-7)13(19,20)17-8-1-3-9(18)4-2-8/h5-6,8-9,17-20H,1-4,16H2. The van der Waals surface area contributed by atoms with Gasteiger partial charge in [0, 0.05) is 20.6 Å². The van der Waals surface area contributed by atoms with Gasteiger partial charge < -0.3 is 10.8 Å². The van der Waals surface area contributed by atoms with Crippen molar-refractivity contribution < 1.29 is 5.11 Å². The van der Waals surface area contributed by atoms with Gasteiger partial charge in [-0.2, -0.15) is 0 Å². The van der Waals surface area contributed by atoms with Gasteiger partial charge in [-0.1, -0.05) is 15.9 Å². The predicted octanol–water partition coefficient (Wildman–Crippen LogP) is 3.66. The minimum absolute atomic E-state index is 0.174. The van der Waals surface area contributed by atoms with Gasteiger partial charge in [-0.15, -0.1) is 25.3 Å². The number of hydrogen-bond acceptors (Lipinski definition) is 5. The lowest BCUT2D eigenvalue weighted by Gasteiger charge is -2.34. The third-order valence-electron chi connectivity index (χ3n) is 3.57. The Labute approximate surface area is 147 Å². The molecule has 0 saturated heterocycles. The van der Waals surface area contributed by atoms with E-state index in [-0.39, 0.29) is 12.1 Å². The van der Waals surface area contributed by atoms with Crippen molar-refractivity contribution in [1.29, 1.82) is 0 Å². The zero-order valence-corrected chi connectivity index (χ0v) is 15.8. The van der Waals surface area contributed by atoms with E-state index < -0.39 is 4.20 Å². The number of rotatable bonds is 3. The van der Waals surface area contributed by atoms with E-state index in [1.807, 2.05) is 12.1 Å². The lowest BCUT2D eigenvalue weighted by Crippen LogP contribution is -2.43. The van der Waals surface area contributed by atoms with E-state index in [1.54, 1.807) is 0 Å². The summed E-state index contributed by atoms with van der Waals surface area (Å²) in [5.41, 5.74) is 7.56. The average molecular weight is 442 g/mol. The van der Waals surface area contributed by atoms with Crippen molar-refractivity contribution in [3.63, 3.8) is 0 Å². The van der Waals surface area contributed by atoms with Crippen LogP contribution in [0.2, 0.25) is 0 Å². The molecule has 0 spiro atoms. The Kier molecular flexibility index (Phi) is 5.76. The van der Waals surface area contributed by atoms with Crippen molar-refractivity contribution >= 4 is 62.8 Å². The smallest absolute Gasteiger partial charge is 0.134 e. The van der Waals surface area contributed by atoms with E-state index in [9.17, 15) is 5.11 Å². The first-order valence-corrected chi connectivity index (χ1v) is 8.93. The van der Waals surface area contributed by atoms with E-state index in [0.29, 0.717) is 5.69 Å². The summed E-state index contributed by atoms with van der Waals surface area (Å²) in [4.78, 5) is 0. The van der Waals surface area contributed by atoms with Crippen LogP contribution in [0, 0.1) is 0 Å². The summed E-state index contributed by atoms with van der Waals surface area (Å²) >= 11 is 16.2.